The summed E-state index contributed by atoms with van der Waals surface area (Å²) in [4.78, 5) is 26.7. The Morgan fingerprint density at radius 2 is 1.80 bits per heavy atom. The minimum absolute atomic E-state index is 0.0188. The maximum absolute atomic E-state index is 13.5. The second-order valence-electron chi connectivity index (χ2n) is 9.04. The van der Waals surface area contributed by atoms with Gasteiger partial charge in [0.15, 0.2) is 5.76 Å². The van der Waals surface area contributed by atoms with Crippen molar-refractivity contribution in [1.82, 2.24) is 24.6 Å². The summed E-state index contributed by atoms with van der Waals surface area (Å²) >= 11 is 0. The van der Waals surface area contributed by atoms with Gasteiger partial charge in [0.2, 0.25) is 0 Å². The smallest absolute Gasteiger partial charge is 0.257 e. The maximum Gasteiger partial charge on any atom is 0.257 e. The van der Waals surface area contributed by atoms with Crippen molar-refractivity contribution in [2.45, 2.75) is 25.7 Å². The topological polar surface area (TPSA) is 80.3 Å². The second kappa shape index (κ2) is 8.65. The molecule has 6 rings (SSSR count). The highest BCUT2D eigenvalue weighted by Gasteiger charge is 2.35. The largest absolute Gasteiger partial charge is 0.460 e. The molecule has 1 amide bonds. The molecule has 0 atom stereocenters. The molecule has 4 heterocycles. The summed E-state index contributed by atoms with van der Waals surface area (Å²) < 4.78 is 20.7. The molecule has 1 aromatic carbocycles. The van der Waals surface area contributed by atoms with Gasteiger partial charge in [0.05, 0.1) is 17.5 Å². The Morgan fingerprint density at radius 1 is 1.03 bits per heavy atom. The lowest BCUT2D eigenvalue weighted by Crippen LogP contribution is -2.49. The van der Waals surface area contributed by atoms with Crippen molar-refractivity contribution in [3.05, 3.63) is 77.7 Å². The van der Waals surface area contributed by atoms with E-state index in [1.54, 1.807) is 35.3 Å². The van der Waals surface area contributed by atoms with Gasteiger partial charge in [-0.2, -0.15) is 5.10 Å². The van der Waals surface area contributed by atoms with E-state index in [0.29, 0.717) is 49.1 Å². The minimum atomic E-state index is -0.249. The van der Waals surface area contributed by atoms with E-state index in [1.165, 1.54) is 12.1 Å². The minimum Gasteiger partial charge on any atom is -0.460 e. The zero-order chi connectivity index (χ0) is 23.9. The lowest BCUT2D eigenvalue weighted by atomic mass is 10.1. The van der Waals surface area contributed by atoms with Crippen LogP contribution in [0.4, 0.5) is 10.1 Å². The molecular formula is C26H25FN6O2. The Labute approximate surface area is 202 Å². The molecular weight excluding hydrogens is 447 g/mol. The van der Waals surface area contributed by atoms with Gasteiger partial charge in [0.25, 0.3) is 11.9 Å². The van der Waals surface area contributed by atoms with Crippen molar-refractivity contribution in [2.24, 2.45) is 0 Å². The van der Waals surface area contributed by atoms with E-state index in [1.807, 2.05) is 24.0 Å². The Hall–Kier alpha value is -4.01. The van der Waals surface area contributed by atoms with E-state index in [0.717, 1.165) is 30.0 Å². The molecule has 1 saturated carbocycles. The number of aromatic nitrogens is 4. The van der Waals surface area contributed by atoms with Crippen LogP contribution in [0.1, 0.15) is 40.6 Å². The fourth-order valence-electron chi connectivity index (χ4n) is 4.58. The van der Waals surface area contributed by atoms with Gasteiger partial charge in [-0.05, 0) is 62.2 Å². The summed E-state index contributed by atoms with van der Waals surface area (Å²) in [5.74, 6) is 1.91. The van der Waals surface area contributed by atoms with Crippen molar-refractivity contribution in [2.75, 3.05) is 31.1 Å². The zero-order valence-electron chi connectivity index (χ0n) is 19.4. The summed E-state index contributed by atoms with van der Waals surface area (Å²) in [6.07, 6.45) is 5.36. The zero-order valence-corrected chi connectivity index (χ0v) is 19.4. The molecule has 2 aliphatic rings. The third-order valence-corrected chi connectivity index (χ3v) is 6.58. The van der Waals surface area contributed by atoms with Crippen LogP contribution >= 0.6 is 0 Å². The Kier molecular flexibility index (Phi) is 5.32. The van der Waals surface area contributed by atoms with Gasteiger partial charge in [-0.25, -0.2) is 19.0 Å². The van der Waals surface area contributed by atoms with Gasteiger partial charge >= 0.3 is 0 Å². The van der Waals surface area contributed by atoms with Crippen LogP contribution in [0.3, 0.4) is 0 Å². The van der Waals surface area contributed by atoms with E-state index in [2.05, 4.69) is 20.0 Å². The number of hydrogen-bond acceptors (Lipinski definition) is 6. The number of halogens is 1. The van der Waals surface area contributed by atoms with Gasteiger partial charge in [-0.15, -0.1) is 0 Å². The molecule has 1 aliphatic carbocycles. The Bertz CT molecular complexity index is 1370. The molecule has 0 bridgehead atoms. The molecule has 2 fully saturated rings. The maximum atomic E-state index is 13.5. The predicted molar refractivity (Wildman–Crippen MR) is 128 cm³/mol. The molecule has 178 valence electrons. The van der Waals surface area contributed by atoms with Gasteiger partial charge < -0.3 is 14.2 Å². The first-order chi connectivity index (χ1) is 17.1. The molecule has 8 nitrogen and oxygen atoms in total. The van der Waals surface area contributed by atoms with Gasteiger partial charge in [-0.1, -0.05) is 0 Å². The van der Waals surface area contributed by atoms with E-state index in [9.17, 15) is 9.18 Å². The van der Waals surface area contributed by atoms with Gasteiger partial charge in [0, 0.05) is 44.0 Å². The number of rotatable bonds is 5. The third-order valence-electron chi connectivity index (χ3n) is 6.58. The Balaban J connectivity index is 1.24. The normalized spacial score (nSPS) is 16.1. The number of nitrogens with zero attached hydrogens (tertiary/aromatic N) is 6. The SMILES string of the molecule is Cc1ccc(-c2ccnc(-n3ncc(C(=O)N4CCN(c5ccc(F)cc5)CC4)c3C3CC3)n2)o1. The third kappa shape index (κ3) is 4.18. The molecule has 0 N–H and O–H groups in total. The average Bonchev–Trinajstić information content (AvgIpc) is 3.48. The molecule has 1 saturated heterocycles. The van der Waals surface area contributed by atoms with Crippen LogP contribution in [0, 0.1) is 12.7 Å². The molecule has 0 unspecified atom stereocenters. The van der Waals surface area contributed by atoms with Crippen molar-refractivity contribution < 1.29 is 13.6 Å². The van der Waals surface area contributed by atoms with Crippen LogP contribution in [0.25, 0.3) is 17.4 Å². The van der Waals surface area contributed by atoms with E-state index in [4.69, 9.17) is 4.42 Å². The number of carbonyl (C=O) groups is 1. The number of furan rings is 1. The first-order valence-corrected chi connectivity index (χ1v) is 11.8. The van der Waals surface area contributed by atoms with Crippen LogP contribution in [0.15, 0.2) is 59.3 Å². The van der Waals surface area contributed by atoms with Crippen molar-refractivity contribution >= 4 is 11.6 Å². The lowest BCUT2D eigenvalue weighted by Gasteiger charge is -2.36. The molecule has 0 spiro atoms. The van der Waals surface area contributed by atoms with Crippen molar-refractivity contribution in [3.63, 3.8) is 0 Å². The Morgan fingerprint density at radius 3 is 2.49 bits per heavy atom. The summed E-state index contributed by atoms with van der Waals surface area (Å²) in [6, 6.07) is 12.1. The number of aryl methyl sites for hydroxylation is 1. The molecule has 3 aromatic heterocycles. The number of benzene rings is 1. The quantitative estimate of drug-likeness (QED) is 0.433. The number of anilines is 1. The number of carbonyl (C=O) groups excluding carboxylic acids is 1. The van der Waals surface area contributed by atoms with Crippen molar-refractivity contribution in [1.29, 1.82) is 0 Å². The predicted octanol–water partition coefficient (Wildman–Crippen LogP) is 4.21. The second-order valence-corrected chi connectivity index (χ2v) is 9.04. The highest BCUT2D eigenvalue weighted by molar-refractivity contribution is 5.95. The average molecular weight is 473 g/mol. The first kappa shape index (κ1) is 21.5. The summed E-state index contributed by atoms with van der Waals surface area (Å²) in [5.41, 5.74) is 3.13. The molecule has 35 heavy (non-hydrogen) atoms. The summed E-state index contributed by atoms with van der Waals surface area (Å²) in [5, 5.41) is 4.54. The van der Waals surface area contributed by atoms with Crippen LogP contribution in [0.5, 0.6) is 0 Å². The van der Waals surface area contributed by atoms with Gasteiger partial charge in [0.1, 0.15) is 17.3 Å². The number of amides is 1. The van der Waals surface area contributed by atoms with E-state index >= 15 is 0 Å². The standard InChI is InChI=1S/C26H25FN6O2/c1-17-2-9-23(35-17)22-10-11-28-26(30-22)33-24(18-3-4-18)21(16-29-33)25(34)32-14-12-31(13-15-32)20-7-5-19(27)6-8-20/h2,5-11,16,18H,3-4,12-15H2,1H3. The molecule has 0 radical (unpaired) electrons. The summed E-state index contributed by atoms with van der Waals surface area (Å²) in [6.45, 7) is 4.46. The van der Waals surface area contributed by atoms with Crippen LogP contribution in [0.2, 0.25) is 0 Å². The van der Waals surface area contributed by atoms with Crippen molar-refractivity contribution in [3.8, 4) is 17.4 Å². The fourth-order valence-corrected chi connectivity index (χ4v) is 4.58. The van der Waals surface area contributed by atoms with Crippen LogP contribution in [-0.4, -0.2) is 56.7 Å². The number of piperazine rings is 1. The first-order valence-electron chi connectivity index (χ1n) is 11.8. The molecule has 1 aliphatic heterocycles. The van der Waals surface area contributed by atoms with E-state index in [-0.39, 0.29) is 17.6 Å². The van der Waals surface area contributed by atoms with Gasteiger partial charge in [-0.3, -0.25) is 4.79 Å². The monoisotopic (exact) mass is 472 g/mol. The summed E-state index contributed by atoms with van der Waals surface area (Å²) in [7, 11) is 0. The molecule has 4 aromatic rings. The lowest BCUT2D eigenvalue weighted by molar-refractivity contribution is 0.0745. The fraction of sp³-hybridized carbons (Fsp3) is 0.308. The number of hydrogen-bond donors (Lipinski definition) is 0. The highest BCUT2D eigenvalue weighted by atomic mass is 19.1. The van der Waals surface area contributed by atoms with Crippen LogP contribution in [-0.2, 0) is 0 Å². The highest BCUT2D eigenvalue weighted by Crippen LogP contribution is 2.42. The van der Waals surface area contributed by atoms with Crippen LogP contribution < -0.4 is 4.90 Å². The molecule has 9 heteroatoms. The van der Waals surface area contributed by atoms with E-state index < -0.39 is 0 Å².